The molecule has 0 aliphatic rings. The molecule has 1 N–H and O–H groups in total. The molecular formula is H4MgO3S. The summed E-state index contributed by atoms with van der Waals surface area (Å²) in [5, 5.41) is 0. The Kier molecular flexibility index (Phi) is 8.59. The highest BCUT2D eigenvalue weighted by Crippen LogP contribution is 1.27. The first kappa shape index (κ1) is 9.18. The average molecular weight is 108 g/mol. The molecule has 5 heavy (non-hydrogen) atoms. The van der Waals surface area contributed by atoms with Crippen LogP contribution in [0, 0.1) is 0 Å². The van der Waals surface area contributed by atoms with E-state index in [9.17, 15) is 0 Å². The molecule has 0 saturated heterocycles. The Bertz CT molecular complexity index is 55.3. The first-order valence-corrected chi connectivity index (χ1v) is 1.70. The smallest absolute Gasteiger partial charge is 0.288 e. The van der Waals surface area contributed by atoms with E-state index in [2.05, 4.69) is 0 Å². The molecule has 0 heterocycles. The van der Waals surface area contributed by atoms with Gasteiger partial charge in [-0.2, -0.15) is 0 Å². The lowest BCUT2D eigenvalue weighted by molar-refractivity contribution is 0.509. The SMILES string of the molecule is O=[SH](=O)O.[MgH2]. The molecule has 0 amide bonds. The van der Waals surface area contributed by atoms with Crippen molar-refractivity contribution in [1.82, 2.24) is 0 Å². The minimum Gasteiger partial charge on any atom is -0.288 e. The zero-order valence-electron chi connectivity index (χ0n) is 1.71. The van der Waals surface area contributed by atoms with Crippen molar-refractivity contribution in [3.63, 3.8) is 0 Å². The Morgan fingerprint density at radius 1 is 1.40 bits per heavy atom. The molecule has 5 heteroatoms. The van der Waals surface area contributed by atoms with Crippen molar-refractivity contribution in [1.29, 1.82) is 0 Å². The monoisotopic (exact) mass is 108 g/mol. The molecule has 30 valence electrons. The molecule has 0 fully saturated rings. The van der Waals surface area contributed by atoms with Crippen LogP contribution in [0.5, 0.6) is 0 Å². The van der Waals surface area contributed by atoms with Gasteiger partial charge in [-0.15, -0.1) is 0 Å². The number of thiol groups is 1. The third kappa shape index (κ3) is 73.2. The first-order valence-electron chi connectivity index (χ1n) is 0.565. The van der Waals surface area contributed by atoms with Gasteiger partial charge in [-0.05, 0) is 0 Å². The third-order valence-corrected chi connectivity index (χ3v) is 0. The lowest BCUT2D eigenvalue weighted by Crippen LogP contribution is -1.58. The molecule has 0 saturated carbocycles. The van der Waals surface area contributed by atoms with E-state index in [0.29, 0.717) is 0 Å². The van der Waals surface area contributed by atoms with Crippen LogP contribution in [0.1, 0.15) is 0 Å². The third-order valence-electron chi connectivity index (χ3n) is 0. The second kappa shape index (κ2) is 4.68. The van der Waals surface area contributed by atoms with Crippen molar-refractivity contribution in [3.05, 3.63) is 0 Å². The van der Waals surface area contributed by atoms with Crippen LogP contribution >= 0.6 is 0 Å². The summed E-state index contributed by atoms with van der Waals surface area (Å²) < 4.78 is 24.2. The summed E-state index contributed by atoms with van der Waals surface area (Å²) in [5.74, 6) is 0. The predicted octanol–water partition coefficient (Wildman–Crippen LogP) is -1.85. The normalized spacial score (nSPS) is 6.80. The highest BCUT2D eigenvalue weighted by molar-refractivity contribution is 7.66. The van der Waals surface area contributed by atoms with Crippen LogP contribution in [0.3, 0.4) is 0 Å². The topological polar surface area (TPSA) is 54.4 Å². The largest absolute Gasteiger partial charge is 0.316 e. The fourth-order valence-corrected chi connectivity index (χ4v) is 0. The fourth-order valence-electron chi connectivity index (χ4n) is 0. The van der Waals surface area contributed by atoms with E-state index in [-0.39, 0.29) is 23.1 Å². The van der Waals surface area contributed by atoms with Crippen LogP contribution in [0.25, 0.3) is 0 Å². The average Bonchev–Trinajstić information content (AvgIpc) is 0.811. The van der Waals surface area contributed by atoms with Crippen molar-refractivity contribution in [2.45, 2.75) is 0 Å². The summed E-state index contributed by atoms with van der Waals surface area (Å²) in [7, 11) is -3.12. The molecule has 0 unspecified atom stereocenters. The van der Waals surface area contributed by atoms with Gasteiger partial charge in [0, 0.05) is 0 Å². The molecule has 0 rings (SSSR count). The summed E-state index contributed by atoms with van der Waals surface area (Å²) >= 11 is 0. The quantitative estimate of drug-likeness (QED) is 0.218. The minimum absolute atomic E-state index is 0. The maximum Gasteiger partial charge on any atom is 0.316 e. The molecule has 0 atom stereocenters. The van der Waals surface area contributed by atoms with E-state index < -0.39 is 11.0 Å². The van der Waals surface area contributed by atoms with Crippen LogP contribution in [-0.2, 0) is 11.0 Å². The van der Waals surface area contributed by atoms with E-state index in [4.69, 9.17) is 13.0 Å². The molecule has 0 aliphatic heterocycles. The van der Waals surface area contributed by atoms with Crippen LogP contribution in [-0.4, -0.2) is 36.0 Å². The van der Waals surface area contributed by atoms with Crippen LogP contribution in [0.2, 0.25) is 0 Å². The Hall–Kier alpha value is 0.676. The summed E-state index contributed by atoms with van der Waals surface area (Å²) in [5.41, 5.74) is 0. The lowest BCUT2D eigenvalue weighted by Gasteiger charge is -1.43. The zero-order valence-corrected chi connectivity index (χ0v) is 2.61. The van der Waals surface area contributed by atoms with Gasteiger partial charge in [-0.3, -0.25) is 4.55 Å². The van der Waals surface area contributed by atoms with Gasteiger partial charge < -0.3 is 0 Å². The Morgan fingerprint density at radius 3 is 1.40 bits per heavy atom. The van der Waals surface area contributed by atoms with E-state index in [1.165, 1.54) is 0 Å². The summed E-state index contributed by atoms with van der Waals surface area (Å²) in [6, 6.07) is 0. The molecule has 0 spiro atoms. The van der Waals surface area contributed by atoms with E-state index in [1.807, 2.05) is 0 Å². The van der Waals surface area contributed by atoms with Gasteiger partial charge in [0.1, 0.15) is 0 Å². The van der Waals surface area contributed by atoms with Gasteiger partial charge in [0.2, 0.25) is 0 Å². The van der Waals surface area contributed by atoms with E-state index in [1.54, 1.807) is 0 Å². The molecule has 0 aromatic carbocycles. The Labute approximate surface area is 47.3 Å². The Morgan fingerprint density at radius 2 is 1.40 bits per heavy atom. The zero-order chi connectivity index (χ0) is 3.58. The van der Waals surface area contributed by atoms with Gasteiger partial charge in [-0.1, -0.05) is 0 Å². The van der Waals surface area contributed by atoms with Gasteiger partial charge in [0.15, 0.2) is 0 Å². The predicted molar refractivity (Wildman–Crippen MR) is 21.5 cm³/mol. The van der Waals surface area contributed by atoms with Crippen molar-refractivity contribution in [2.75, 3.05) is 0 Å². The maximum absolute atomic E-state index is 8.59. The summed E-state index contributed by atoms with van der Waals surface area (Å²) in [6.45, 7) is 0. The highest BCUT2D eigenvalue weighted by atomic mass is 32.2. The molecule has 3 nitrogen and oxygen atoms in total. The number of rotatable bonds is 0. The van der Waals surface area contributed by atoms with Gasteiger partial charge in [-0.25, -0.2) is 8.42 Å². The molecule has 0 aliphatic carbocycles. The van der Waals surface area contributed by atoms with Crippen LogP contribution in [0.4, 0.5) is 0 Å². The van der Waals surface area contributed by atoms with Crippen LogP contribution < -0.4 is 0 Å². The number of hydrogen-bond donors (Lipinski definition) is 2. The fraction of sp³-hybridized carbons (Fsp3) is 0. The molecule has 0 aromatic rings. The minimum atomic E-state index is -3.12. The van der Waals surface area contributed by atoms with Crippen molar-refractivity contribution >= 4 is 34.0 Å². The Balaban J connectivity index is 0. The standard InChI is InChI=1S/Mg.H2O3S.2H/c;1-4(2)3;;/h;4H,(H,1,2,3);;. The lowest BCUT2D eigenvalue weighted by atomic mass is 15.9. The molecular weight excluding hydrogens is 104 g/mol. The van der Waals surface area contributed by atoms with Gasteiger partial charge in [0.05, 0.1) is 0 Å². The molecule has 0 bridgehead atoms. The first-order chi connectivity index (χ1) is 1.73. The second-order valence-corrected chi connectivity index (χ2v) is 0.714. The summed E-state index contributed by atoms with van der Waals surface area (Å²) in [4.78, 5) is 0. The van der Waals surface area contributed by atoms with Gasteiger partial charge in [0.25, 0.3) is 11.0 Å². The van der Waals surface area contributed by atoms with E-state index >= 15 is 0 Å². The van der Waals surface area contributed by atoms with Crippen LogP contribution in [0.15, 0.2) is 0 Å². The van der Waals surface area contributed by atoms with E-state index in [0.717, 1.165) is 0 Å². The molecule has 0 aromatic heterocycles. The van der Waals surface area contributed by atoms with Crippen molar-refractivity contribution in [2.24, 2.45) is 0 Å². The summed E-state index contributed by atoms with van der Waals surface area (Å²) in [6.07, 6.45) is 0. The highest BCUT2D eigenvalue weighted by Gasteiger charge is 1.44. The second-order valence-electron chi connectivity index (χ2n) is 0.238. The number of hydrogen-bond acceptors (Lipinski definition) is 2. The maximum atomic E-state index is 8.59. The van der Waals surface area contributed by atoms with Crippen molar-refractivity contribution < 1.29 is 13.0 Å². The van der Waals surface area contributed by atoms with Crippen molar-refractivity contribution in [3.8, 4) is 0 Å². The molecule has 0 radical (unpaired) electrons. The van der Waals surface area contributed by atoms with Gasteiger partial charge >= 0.3 is 23.1 Å².